The van der Waals surface area contributed by atoms with Crippen molar-refractivity contribution in [3.05, 3.63) is 143 Å². The summed E-state index contributed by atoms with van der Waals surface area (Å²) in [5.74, 6) is -0.294. The lowest BCUT2D eigenvalue weighted by Crippen LogP contribution is -2.07. The molecule has 0 amide bonds. The number of pyridine rings is 1. The fourth-order valence-corrected chi connectivity index (χ4v) is 5.55. The van der Waals surface area contributed by atoms with Crippen LogP contribution in [-0.2, 0) is 30.4 Å². The summed E-state index contributed by atoms with van der Waals surface area (Å²) in [5.41, 5.74) is 3.98. The molecule has 0 saturated heterocycles. The number of benzene rings is 5. The van der Waals surface area contributed by atoms with E-state index in [4.69, 9.17) is 4.74 Å². The normalized spacial score (nSPS) is 11.6. The molecule has 0 bridgehead atoms. The molecule has 6 rings (SSSR count). The van der Waals surface area contributed by atoms with Gasteiger partial charge in [-0.25, -0.2) is 0 Å². The lowest BCUT2D eigenvalue weighted by molar-refractivity contribution is -0.137. The van der Waals surface area contributed by atoms with E-state index in [1.165, 1.54) is 6.07 Å². The highest BCUT2D eigenvalue weighted by Gasteiger charge is 2.33. The molecule has 0 unspecified atom stereocenters. The molecule has 0 fully saturated rings. The highest BCUT2D eigenvalue weighted by atomic mass is 19.4. The van der Waals surface area contributed by atoms with Gasteiger partial charge < -0.3 is 9.84 Å². The van der Waals surface area contributed by atoms with Crippen molar-refractivity contribution in [1.29, 1.82) is 0 Å². The van der Waals surface area contributed by atoms with Crippen LogP contribution in [0.5, 0.6) is 5.75 Å². The summed E-state index contributed by atoms with van der Waals surface area (Å²) < 4.78 is 48.0. The molecule has 0 saturated carbocycles. The van der Waals surface area contributed by atoms with Crippen LogP contribution in [0.2, 0.25) is 0 Å². The third-order valence-corrected chi connectivity index (χ3v) is 7.44. The third kappa shape index (κ3) is 5.93. The van der Waals surface area contributed by atoms with Crippen molar-refractivity contribution in [3.8, 4) is 16.9 Å². The molecule has 4 nitrogen and oxygen atoms in total. The number of halogens is 3. The number of aliphatic carboxylic acids is 1. The van der Waals surface area contributed by atoms with E-state index in [2.05, 4.69) is 4.98 Å². The average molecular weight is 578 g/mol. The van der Waals surface area contributed by atoms with Crippen molar-refractivity contribution in [2.75, 3.05) is 0 Å². The topological polar surface area (TPSA) is 59.4 Å². The Morgan fingerprint density at radius 1 is 0.744 bits per heavy atom. The monoisotopic (exact) mass is 577 g/mol. The first-order chi connectivity index (χ1) is 20.8. The molecule has 1 N–H and O–H groups in total. The van der Waals surface area contributed by atoms with Crippen LogP contribution >= 0.6 is 0 Å². The van der Waals surface area contributed by atoms with Crippen molar-refractivity contribution < 1.29 is 27.8 Å². The van der Waals surface area contributed by atoms with Gasteiger partial charge in [-0.2, -0.15) is 13.2 Å². The Morgan fingerprint density at radius 3 is 2.23 bits per heavy atom. The van der Waals surface area contributed by atoms with Gasteiger partial charge in [-0.05, 0) is 63.4 Å². The zero-order valence-corrected chi connectivity index (χ0v) is 22.9. The SMILES string of the molecule is O=C(O)Cc1cccc2c(OCc3cccc(-c4c(Cc5ccccc5)cnc5c(C(F)(F)F)cccc45)c3)cccc12. The number of nitrogens with zero attached hydrogens (tertiary/aromatic N) is 1. The average Bonchev–Trinajstić information content (AvgIpc) is 2.99. The van der Waals surface area contributed by atoms with Crippen LogP contribution in [-0.4, -0.2) is 16.1 Å². The summed E-state index contributed by atoms with van der Waals surface area (Å²) in [4.78, 5) is 15.6. The third-order valence-electron chi connectivity index (χ3n) is 7.44. The summed E-state index contributed by atoms with van der Waals surface area (Å²) in [6.45, 7) is 0.209. The Labute approximate surface area is 246 Å². The molecule has 214 valence electrons. The number of carbonyl (C=O) groups is 1. The zero-order valence-electron chi connectivity index (χ0n) is 22.9. The van der Waals surface area contributed by atoms with Crippen molar-refractivity contribution in [3.63, 3.8) is 0 Å². The second kappa shape index (κ2) is 11.6. The van der Waals surface area contributed by atoms with E-state index in [-0.39, 0.29) is 18.5 Å². The second-order valence-electron chi connectivity index (χ2n) is 10.3. The highest BCUT2D eigenvalue weighted by molar-refractivity contribution is 5.98. The van der Waals surface area contributed by atoms with Gasteiger partial charge in [0.05, 0.1) is 17.5 Å². The van der Waals surface area contributed by atoms with Gasteiger partial charge in [-0.1, -0.05) is 91.0 Å². The number of alkyl halides is 3. The molecule has 5 aromatic carbocycles. The molecular weight excluding hydrogens is 551 g/mol. The number of hydrogen-bond acceptors (Lipinski definition) is 3. The van der Waals surface area contributed by atoms with Gasteiger partial charge in [-0.3, -0.25) is 9.78 Å². The maximum atomic E-state index is 13.9. The number of carboxylic acid groups (broad SMARTS) is 1. The molecule has 6 aromatic rings. The Hall–Kier alpha value is -5.17. The fraction of sp³-hybridized carbons (Fsp3) is 0.111. The fourth-order valence-electron chi connectivity index (χ4n) is 5.55. The molecule has 0 aliphatic heterocycles. The number of fused-ring (bicyclic) bond motifs is 2. The minimum Gasteiger partial charge on any atom is -0.488 e. The molecule has 0 atom stereocenters. The zero-order chi connectivity index (χ0) is 30.0. The molecular formula is C36H26F3NO3. The lowest BCUT2D eigenvalue weighted by atomic mass is 9.91. The van der Waals surface area contributed by atoms with Crippen molar-refractivity contribution in [2.45, 2.75) is 25.6 Å². The molecule has 0 aliphatic rings. The van der Waals surface area contributed by atoms with Crippen LogP contribution < -0.4 is 4.74 Å². The standard InChI is InChI=1S/C36H26F3NO3/c37-36(38,39)31-16-6-15-30-34(27(21-40-35(30)31)18-23-8-2-1-3-9-23)26-12-4-10-24(19-26)22-43-32-17-7-13-28-25(20-33(41)42)11-5-14-29(28)32/h1-17,19,21H,18,20,22H2,(H,41,42). The van der Waals surface area contributed by atoms with E-state index in [1.54, 1.807) is 18.3 Å². The molecule has 1 heterocycles. The number of carboxylic acids is 1. The van der Waals surface area contributed by atoms with Crippen LogP contribution in [0.15, 0.2) is 115 Å². The van der Waals surface area contributed by atoms with Gasteiger partial charge in [0.2, 0.25) is 0 Å². The molecule has 0 spiro atoms. The van der Waals surface area contributed by atoms with E-state index in [0.717, 1.165) is 39.1 Å². The number of rotatable bonds is 8. The van der Waals surface area contributed by atoms with E-state index >= 15 is 0 Å². The van der Waals surface area contributed by atoms with E-state index in [9.17, 15) is 23.1 Å². The minimum atomic E-state index is -4.54. The number of aromatic nitrogens is 1. The van der Waals surface area contributed by atoms with Crippen LogP contribution in [0.1, 0.15) is 27.8 Å². The predicted octanol–water partition coefficient (Wildman–Crippen LogP) is 8.87. The van der Waals surface area contributed by atoms with Gasteiger partial charge in [0.25, 0.3) is 0 Å². The molecule has 0 aliphatic carbocycles. The largest absolute Gasteiger partial charge is 0.488 e. The highest BCUT2D eigenvalue weighted by Crippen LogP contribution is 2.39. The van der Waals surface area contributed by atoms with Crippen LogP contribution in [0, 0.1) is 0 Å². The molecule has 0 radical (unpaired) electrons. The first-order valence-corrected chi connectivity index (χ1v) is 13.7. The maximum Gasteiger partial charge on any atom is 0.418 e. The van der Waals surface area contributed by atoms with Gasteiger partial charge >= 0.3 is 12.1 Å². The summed E-state index contributed by atoms with van der Waals surface area (Å²) in [6.07, 6.45) is -2.58. The Bertz CT molecular complexity index is 1950. The predicted molar refractivity (Wildman–Crippen MR) is 161 cm³/mol. The van der Waals surface area contributed by atoms with Gasteiger partial charge in [0.15, 0.2) is 0 Å². The van der Waals surface area contributed by atoms with Crippen LogP contribution in [0.4, 0.5) is 13.2 Å². The quantitative estimate of drug-likeness (QED) is 0.196. The first-order valence-electron chi connectivity index (χ1n) is 13.7. The van der Waals surface area contributed by atoms with Gasteiger partial charge in [-0.15, -0.1) is 0 Å². The van der Waals surface area contributed by atoms with Crippen molar-refractivity contribution in [2.24, 2.45) is 0 Å². The summed E-state index contributed by atoms with van der Waals surface area (Å²) in [5, 5.41) is 11.3. The van der Waals surface area contributed by atoms with Crippen LogP contribution in [0.25, 0.3) is 32.8 Å². The summed E-state index contributed by atoms with van der Waals surface area (Å²) in [7, 11) is 0. The van der Waals surface area contributed by atoms with Gasteiger partial charge in [0.1, 0.15) is 12.4 Å². The van der Waals surface area contributed by atoms with Gasteiger partial charge in [0, 0.05) is 17.0 Å². The smallest absolute Gasteiger partial charge is 0.418 e. The number of ether oxygens (including phenoxy) is 1. The second-order valence-corrected chi connectivity index (χ2v) is 10.3. The lowest BCUT2D eigenvalue weighted by Gasteiger charge is -2.17. The van der Waals surface area contributed by atoms with Crippen molar-refractivity contribution in [1.82, 2.24) is 4.98 Å². The van der Waals surface area contributed by atoms with E-state index in [0.29, 0.717) is 28.7 Å². The number of hydrogen-bond donors (Lipinski definition) is 1. The van der Waals surface area contributed by atoms with Crippen LogP contribution in [0.3, 0.4) is 0 Å². The minimum absolute atomic E-state index is 0.0867. The summed E-state index contributed by atoms with van der Waals surface area (Å²) >= 11 is 0. The van der Waals surface area contributed by atoms with Crippen molar-refractivity contribution >= 4 is 27.6 Å². The first kappa shape index (κ1) is 28.0. The molecule has 43 heavy (non-hydrogen) atoms. The number of para-hydroxylation sites is 1. The molecule has 1 aromatic heterocycles. The summed E-state index contributed by atoms with van der Waals surface area (Å²) in [6, 6.07) is 32.6. The molecule has 7 heteroatoms. The maximum absolute atomic E-state index is 13.9. The Morgan fingerprint density at radius 2 is 1.44 bits per heavy atom. The Balaban J connectivity index is 1.40. The van der Waals surface area contributed by atoms with E-state index in [1.807, 2.05) is 84.9 Å². The van der Waals surface area contributed by atoms with E-state index < -0.39 is 17.7 Å². The Kier molecular flexibility index (Phi) is 7.55.